The number of nitro groups is 1. The Labute approximate surface area is 133 Å². The van der Waals surface area contributed by atoms with Crippen molar-refractivity contribution in [1.29, 1.82) is 0 Å². The zero-order valence-electron chi connectivity index (χ0n) is 12.9. The number of nitro benzene ring substituents is 1. The number of anilines is 1. The summed E-state index contributed by atoms with van der Waals surface area (Å²) in [5, 5.41) is 14.3. The Hall–Kier alpha value is -2.70. The number of fused-ring (bicyclic) bond motifs is 1. The van der Waals surface area contributed by atoms with Crippen molar-refractivity contribution in [2.45, 2.75) is 32.7 Å². The molecule has 23 heavy (non-hydrogen) atoms. The van der Waals surface area contributed by atoms with Gasteiger partial charge in [0, 0.05) is 6.07 Å². The zero-order valence-corrected chi connectivity index (χ0v) is 12.9. The SMILES string of the molecule is CCC1=CNC2C(=O)N(c3ccc(C)cc3[N+](=O)[O-])C(=O)C2C1. The van der Waals surface area contributed by atoms with Crippen LogP contribution in [0.3, 0.4) is 0 Å². The summed E-state index contributed by atoms with van der Waals surface area (Å²) in [6.07, 6.45) is 3.08. The Morgan fingerprint density at radius 3 is 2.74 bits per heavy atom. The lowest BCUT2D eigenvalue weighted by Gasteiger charge is -2.22. The van der Waals surface area contributed by atoms with Gasteiger partial charge >= 0.3 is 0 Å². The van der Waals surface area contributed by atoms with Crippen LogP contribution in [0.5, 0.6) is 0 Å². The van der Waals surface area contributed by atoms with Crippen LogP contribution in [0.2, 0.25) is 0 Å². The summed E-state index contributed by atoms with van der Waals surface area (Å²) >= 11 is 0. The highest BCUT2D eigenvalue weighted by Gasteiger charge is 2.50. The first-order valence-corrected chi connectivity index (χ1v) is 7.51. The largest absolute Gasteiger partial charge is 0.379 e. The number of carbonyl (C=O) groups excluding carboxylic acids is 2. The van der Waals surface area contributed by atoms with Crippen molar-refractivity contribution >= 4 is 23.2 Å². The molecule has 1 aromatic carbocycles. The molecule has 0 aromatic heterocycles. The van der Waals surface area contributed by atoms with Crippen LogP contribution in [0.1, 0.15) is 25.3 Å². The molecule has 1 aromatic rings. The Balaban J connectivity index is 2.02. The molecule has 3 rings (SSSR count). The van der Waals surface area contributed by atoms with Gasteiger partial charge in [0.15, 0.2) is 0 Å². The first-order valence-electron chi connectivity index (χ1n) is 7.51. The second-order valence-corrected chi connectivity index (χ2v) is 5.87. The van der Waals surface area contributed by atoms with E-state index >= 15 is 0 Å². The molecule has 2 atom stereocenters. The van der Waals surface area contributed by atoms with E-state index < -0.39 is 22.8 Å². The Morgan fingerprint density at radius 2 is 2.09 bits per heavy atom. The summed E-state index contributed by atoms with van der Waals surface area (Å²) < 4.78 is 0. The molecule has 1 saturated heterocycles. The van der Waals surface area contributed by atoms with E-state index in [9.17, 15) is 19.7 Å². The number of hydrogen-bond acceptors (Lipinski definition) is 5. The number of hydrogen-bond donors (Lipinski definition) is 1. The van der Waals surface area contributed by atoms with Crippen molar-refractivity contribution in [3.05, 3.63) is 45.6 Å². The van der Waals surface area contributed by atoms with E-state index in [-0.39, 0.29) is 17.3 Å². The maximum absolute atomic E-state index is 12.7. The van der Waals surface area contributed by atoms with Gasteiger partial charge in [-0.1, -0.05) is 18.6 Å². The van der Waals surface area contributed by atoms with E-state index in [1.807, 2.05) is 6.92 Å². The summed E-state index contributed by atoms with van der Waals surface area (Å²) in [7, 11) is 0. The fourth-order valence-electron chi connectivity index (χ4n) is 3.12. The molecule has 7 heteroatoms. The maximum Gasteiger partial charge on any atom is 0.293 e. The molecule has 2 aliphatic rings. The number of nitrogens with one attached hydrogen (secondary N) is 1. The van der Waals surface area contributed by atoms with Crippen LogP contribution in [-0.2, 0) is 9.59 Å². The monoisotopic (exact) mass is 315 g/mol. The Kier molecular flexibility index (Phi) is 3.63. The number of rotatable bonds is 3. The number of aryl methyl sites for hydroxylation is 1. The van der Waals surface area contributed by atoms with E-state index in [2.05, 4.69) is 5.32 Å². The van der Waals surface area contributed by atoms with E-state index in [0.717, 1.165) is 16.9 Å². The molecule has 0 saturated carbocycles. The van der Waals surface area contributed by atoms with Gasteiger partial charge in [0.25, 0.3) is 11.6 Å². The quantitative estimate of drug-likeness (QED) is 0.523. The number of nitrogens with zero attached hydrogens (tertiary/aromatic N) is 2. The smallest absolute Gasteiger partial charge is 0.293 e. The Bertz CT molecular complexity index is 741. The standard InChI is InChI=1S/C16H17N3O4/c1-3-10-7-11-14(17-8-10)16(21)18(15(11)20)12-5-4-9(2)6-13(12)19(22)23/h4-6,8,11,14,17H,3,7H2,1-2H3. The molecule has 2 amide bonds. The topological polar surface area (TPSA) is 92.6 Å². The normalized spacial score (nSPS) is 23.4. The van der Waals surface area contributed by atoms with Crippen LogP contribution in [0.15, 0.2) is 30.0 Å². The second kappa shape index (κ2) is 5.49. The lowest BCUT2D eigenvalue weighted by molar-refractivity contribution is -0.384. The van der Waals surface area contributed by atoms with Crippen molar-refractivity contribution < 1.29 is 14.5 Å². The van der Waals surface area contributed by atoms with Crippen LogP contribution in [-0.4, -0.2) is 22.8 Å². The first kappa shape index (κ1) is 15.2. The molecule has 0 radical (unpaired) electrons. The van der Waals surface area contributed by atoms with Crippen molar-refractivity contribution in [2.75, 3.05) is 4.90 Å². The van der Waals surface area contributed by atoms with Gasteiger partial charge in [0.2, 0.25) is 5.91 Å². The van der Waals surface area contributed by atoms with Crippen LogP contribution >= 0.6 is 0 Å². The van der Waals surface area contributed by atoms with E-state index in [0.29, 0.717) is 12.0 Å². The van der Waals surface area contributed by atoms with Crippen molar-refractivity contribution in [3.8, 4) is 0 Å². The van der Waals surface area contributed by atoms with Gasteiger partial charge in [-0.25, -0.2) is 4.90 Å². The molecule has 0 bridgehead atoms. The molecule has 2 aliphatic heterocycles. The molecular weight excluding hydrogens is 298 g/mol. The van der Waals surface area contributed by atoms with Gasteiger partial charge in [-0.05, 0) is 37.6 Å². The highest BCUT2D eigenvalue weighted by Crippen LogP contribution is 2.37. The minimum absolute atomic E-state index is 0.0462. The molecular formula is C16H17N3O4. The number of carbonyl (C=O) groups is 2. The molecule has 2 unspecified atom stereocenters. The second-order valence-electron chi connectivity index (χ2n) is 5.87. The number of imide groups is 1. The fraction of sp³-hybridized carbons (Fsp3) is 0.375. The Morgan fingerprint density at radius 1 is 1.35 bits per heavy atom. The minimum Gasteiger partial charge on any atom is -0.379 e. The summed E-state index contributed by atoms with van der Waals surface area (Å²) in [6, 6.07) is 3.86. The van der Waals surface area contributed by atoms with Crippen LogP contribution in [0, 0.1) is 23.0 Å². The average Bonchev–Trinajstić information content (AvgIpc) is 2.78. The summed E-state index contributed by atoms with van der Waals surface area (Å²) in [5.41, 5.74) is 1.58. The van der Waals surface area contributed by atoms with Crippen LogP contribution in [0.25, 0.3) is 0 Å². The molecule has 2 heterocycles. The van der Waals surface area contributed by atoms with Gasteiger partial charge in [-0.3, -0.25) is 19.7 Å². The lowest BCUT2D eigenvalue weighted by atomic mass is 9.90. The fourth-order valence-corrected chi connectivity index (χ4v) is 3.12. The van der Waals surface area contributed by atoms with Gasteiger partial charge in [0.05, 0.1) is 10.8 Å². The zero-order chi connectivity index (χ0) is 16.7. The molecule has 0 spiro atoms. The summed E-state index contributed by atoms with van der Waals surface area (Å²) in [5.74, 6) is -1.31. The third-order valence-corrected chi connectivity index (χ3v) is 4.40. The van der Waals surface area contributed by atoms with E-state index in [4.69, 9.17) is 0 Å². The number of allylic oxidation sites excluding steroid dienone is 1. The average molecular weight is 315 g/mol. The van der Waals surface area contributed by atoms with Crippen molar-refractivity contribution in [2.24, 2.45) is 5.92 Å². The maximum atomic E-state index is 12.7. The van der Waals surface area contributed by atoms with Crippen LogP contribution in [0.4, 0.5) is 11.4 Å². The molecule has 0 aliphatic carbocycles. The third kappa shape index (κ3) is 2.38. The highest BCUT2D eigenvalue weighted by atomic mass is 16.6. The van der Waals surface area contributed by atoms with E-state index in [1.165, 1.54) is 12.1 Å². The van der Waals surface area contributed by atoms with Gasteiger partial charge in [-0.2, -0.15) is 0 Å². The molecule has 120 valence electrons. The lowest BCUT2D eigenvalue weighted by Crippen LogP contribution is -2.40. The first-order chi connectivity index (χ1) is 10.9. The predicted octanol–water partition coefficient (Wildman–Crippen LogP) is 2.05. The van der Waals surface area contributed by atoms with Gasteiger partial charge in [0.1, 0.15) is 11.7 Å². The molecule has 7 nitrogen and oxygen atoms in total. The van der Waals surface area contributed by atoms with Gasteiger partial charge < -0.3 is 5.32 Å². The van der Waals surface area contributed by atoms with E-state index in [1.54, 1.807) is 19.2 Å². The summed E-state index contributed by atoms with van der Waals surface area (Å²) in [6.45, 7) is 3.71. The van der Waals surface area contributed by atoms with Crippen LogP contribution < -0.4 is 10.2 Å². The minimum atomic E-state index is -0.640. The number of benzene rings is 1. The molecule has 1 fully saturated rings. The van der Waals surface area contributed by atoms with Gasteiger partial charge in [-0.15, -0.1) is 0 Å². The van der Waals surface area contributed by atoms with Crippen molar-refractivity contribution in [3.63, 3.8) is 0 Å². The highest BCUT2D eigenvalue weighted by molar-refractivity contribution is 6.24. The van der Waals surface area contributed by atoms with Crippen molar-refractivity contribution in [1.82, 2.24) is 5.32 Å². The summed E-state index contributed by atoms with van der Waals surface area (Å²) in [4.78, 5) is 37.0. The number of amides is 2. The molecule has 1 N–H and O–H groups in total. The predicted molar refractivity (Wildman–Crippen MR) is 83.7 cm³/mol. The third-order valence-electron chi connectivity index (χ3n) is 4.40.